The van der Waals surface area contributed by atoms with Crippen LogP contribution in [-0.2, 0) is 0 Å². The van der Waals surface area contributed by atoms with Gasteiger partial charge in [-0.15, -0.1) is 0 Å². The van der Waals surface area contributed by atoms with Crippen molar-refractivity contribution in [2.24, 2.45) is 0 Å². The number of aliphatic hydroxyl groups is 1. The smallest absolute Gasteiger partial charge is 0.0747 e. The molecule has 1 N–H and O–H groups in total. The molecule has 0 aromatic heterocycles. The van der Waals surface area contributed by atoms with Crippen molar-refractivity contribution in [3.8, 4) is 0 Å². The van der Waals surface area contributed by atoms with E-state index in [1.165, 1.54) is 0 Å². The van der Waals surface area contributed by atoms with Crippen LogP contribution >= 0.6 is 0 Å². The zero-order valence-corrected chi connectivity index (χ0v) is 8.38. The maximum absolute atomic E-state index is 9.52. The van der Waals surface area contributed by atoms with Gasteiger partial charge in [0.25, 0.3) is 0 Å². The molecule has 0 aliphatic carbocycles. The van der Waals surface area contributed by atoms with Gasteiger partial charge in [-0.25, -0.2) is 0 Å². The lowest BCUT2D eigenvalue weighted by molar-refractivity contribution is 0.199. The van der Waals surface area contributed by atoms with Crippen LogP contribution in [0.25, 0.3) is 0 Å². The zero-order chi connectivity index (χ0) is 9.40. The first-order valence-electron chi connectivity index (χ1n) is 4.68. The van der Waals surface area contributed by atoms with Crippen molar-refractivity contribution >= 4 is 0 Å². The summed E-state index contributed by atoms with van der Waals surface area (Å²) in [6.07, 6.45) is 8.80. The number of rotatable bonds is 5. The molecule has 0 amide bonds. The first-order valence-corrected chi connectivity index (χ1v) is 4.68. The minimum absolute atomic E-state index is 0.236. The summed E-state index contributed by atoms with van der Waals surface area (Å²) in [6, 6.07) is 0. The maximum Gasteiger partial charge on any atom is 0.0747 e. The first kappa shape index (κ1) is 11.4. The Bertz CT molecular complexity index is 156. The van der Waals surface area contributed by atoms with Gasteiger partial charge in [0.05, 0.1) is 6.10 Å². The maximum atomic E-state index is 9.52. The molecule has 0 heterocycles. The molecule has 1 nitrogen and oxygen atoms in total. The fourth-order valence-electron chi connectivity index (χ4n) is 1.03. The molecule has 0 rings (SSSR count). The minimum Gasteiger partial charge on any atom is -0.389 e. The van der Waals surface area contributed by atoms with Gasteiger partial charge in [-0.05, 0) is 32.3 Å². The Labute approximate surface area is 75.8 Å². The standard InChI is InChI=1S/C11H20O/c1-4-6-7-9-10(3)11(12)8-5-2/h4,6,9,11-12H,5,7-8H2,1-3H3/b6-4+,10-9+. The van der Waals surface area contributed by atoms with Crippen LogP contribution in [0.4, 0.5) is 0 Å². The van der Waals surface area contributed by atoms with Gasteiger partial charge in [0.2, 0.25) is 0 Å². The van der Waals surface area contributed by atoms with Crippen LogP contribution in [0.15, 0.2) is 23.8 Å². The second kappa shape index (κ2) is 7.11. The monoisotopic (exact) mass is 168 g/mol. The van der Waals surface area contributed by atoms with Gasteiger partial charge in [0.1, 0.15) is 0 Å². The Morgan fingerprint density at radius 3 is 2.67 bits per heavy atom. The quantitative estimate of drug-likeness (QED) is 0.625. The molecule has 0 aliphatic heterocycles. The highest BCUT2D eigenvalue weighted by Crippen LogP contribution is 2.08. The fraction of sp³-hybridized carbons (Fsp3) is 0.636. The van der Waals surface area contributed by atoms with E-state index in [0.717, 1.165) is 24.8 Å². The van der Waals surface area contributed by atoms with Crippen LogP contribution in [-0.4, -0.2) is 11.2 Å². The summed E-state index contributed by atoms with van der Waals surface area (Å²) in [5.74, 6) is 0. The SMILES string of the molecule is C/C=C/C/C=C(\C)C(O)CCC. The molecule has 0 aliphatic rings. The van der Waals surface area contributed by atoms with Crippen molar-refractivity contribution in [2.45, 2.75) is 46.1 Å². The average molecular weight is 168 g/mol. The van der Waals surface area contributed by atoms with Crippen LogP contribution in [0, 0.1) is 0 Å². The van der Waals surface area contributed by atoms with Crippen molar-refractivity contribution < 1.29 is 5.11 Å². The lowest BCUT2D eigenvalue weighted by atomic mass is 10.1. The summed E-state index contributed by atoms with van der Waals surface area (Å²) in [6.45, 7) is 6.08. The van der Waals surface area contributed by atoms with Crippen LogP contribution in [0.3, 0.4) is 0 Å². The number of hydrogen-bond donors (Lipinski definition) is 1. The summed E-state index contributed by atoms with van der Waals surface area (Å²) in [4.78, 5) is 0. The predicted molar refractivity (Wildman–Crippen MR) is 54.1 cm³/mol. The number of allylic oxidation sites excluding steroid dienone is 3. The fourth-order valence-corrected chi connectivity index (χ4v) is 1.03. The first-order chi connectivity index (χ1) is 5.72. The predicted octanol–water partition coefficient (Wildman–Crippen LogP) is 3.06. The molecule has 0 aromatic rings. The second-order valence-electron chi connectivity index (χ2n) is 3.06. The highest BCUT2D eigenvalue weighted by atomic mass is 16.3. The van der Waals surface area contributed by atoms with Crippen molar-refractivity contribution in [1.82, 2.24) is 0 Å². The third-order valence-electron chi connectivity index (χ3n) is 1.90. The molecule has 0 aromatic carbocycles. The summed E-state index contributed by atoms with van der Waals surface area (Å²) >= 11 is 0. The lowest BCUT2D eigenvalue weighted by Gasteiger charge is -2.08. The van der Waals surface area contributed by atoms with E-state index in [-0.39, 0.29) is 6.10 Å². The molecular formula is C11H20O. The van der Waals surface area contributed by atoms with Gasteiger partial charge in [-0.2, -0.15) is 0 Å². The summed E-state index contributed by atoms with van der Waals surface area (Å²) in [5, 5.41) is 9.52. The van der Waals surface area contributed by atoms with Gasteiger partial charge in [-0.3, -0.25) is 0 Å². The molecule has 12 heavy (non-hydrogen) atoms. The highest BCUT2D eigenvalue weighted by Gasteiger charge is 2.02. The van der Waals surface area contributed by atoms with E-state index in [2.05, 4.69) is 19.1 Å². The Hall–Kier alpha value is -0.560. The summed E-state index contributed by atoms with van der Waals surface area (Å²) in [5.41, 5.74) is 1.09. The van der Waals surface area contributed by atoms with E-state index >= 15 is 0 Å². The van der Waals surface area contributed by atoms with Gasteiger partial charge in [-0.1, -0.05) is 31.6 Å². The van der Waals surface area contributed by atoms with Crippen LogP contribution < -0.4 is 0 Å². The molecule has 1 atom stereocenters. The average Bonchev–Trinajstić information content (AvgIpc) is 2.05. The second-order valence-corrected chi connectivity index (χ2v) is 3.06. The molecule has 0 fully saturated rings. The van der Waals surface area contributed by atoms with Crippen molar-refractivity contribution in [1.29, 1.82) is 0 Å². The summed E-state index contributed by atoms with van der Waals surface area (Å²) in [7, 11) is 0. The van der Waals surface area contributed by atoms with E-state index in [1.54, 1.807) is 0 Å². The molecule has 0 spiro atoms. The van der Waals surface area contributed by atoms with Crippen LogP contribution in [0.5, 0.6) is 0 Å². The Kier molecular flexibility index (Phi) is 6.78. The van der Waals surface area contributed by atoms with Crippen LogP contribution in [0.1, 0.15) is 40.0 Å². The van der Waals surface area contributed by atoms with E-state index in [9.17, 15) is 5.11 Å². The van der Waals surface area contributed by atoms with Gasteiger partial charge < -0.3 is 5.11 Å². The third-order valence-corrected chi connectivity index (χ3v) is 1.90. The Morgan fingerprint density at radius 2 is 2.17 bits per heavy atom. The Balaban J connectivity index is 3.81. The van der Waals surface area contributed by atoms with Gasteiger partial charge >= 0.3 is 0 Å². The molecule has 1 heteroatoms. The van der Waals surface area contributed by atoms with E-state index in [1.807, 2.05) is 19.9 Å². The molecule has 0 radical (unpaired) electrons. The van der Waals surface area contributed by atoms with Crippen molar-refractivity contribution in [3.63, 3.8) is 0 Å². The highest BCUT2D eigenvalue weighted by molar-refractivity contribution is 5.06. The van der Waals surface area contributed by atoms with E-state index in [4.69, 9.17) is 0 Å². The van der Waals surface area contributed by atoms with Gasteiger partial charge in [0, 0.05) is 0 Å². The molecule has 0 saturated carbocycles. The zero-order valence-electron chi connectivity index (χ0n) is 8.38. The lowest BCUT2D eigenvalue weighted by Crippen LogP contribution is -2.06. The largest absolute Gasteiger partial charge is 0.389 e. The topological polar surface area (TPSA) is 20.2 Å². The molecule has 70 valence electrons. The van der Waals surface area contributed by atoms with Crippen molar-refractivity contribution in [2.75, 3.05) is 0 Å². The molecule has 1 unspecified atom stereocenters. The summed E-state index contributed by atoms with van der Waals surface area (Å²) < 4.78 is 0. The number of hydrogen-bond acceptors (Lipinski definition) is 1. The van der Waals surface area contributed by atoms with E-state index < -0.39 is 0 Å². The van der Waals surface area contributed by atoms with Crippen molar-refractivity contribution in [3.05, 3.63) is 23.8 Å². The normalized spacial score (nSPS) is 15.5. The number of aliphatic hydroxyl groups excluding tert-OH is 1. The van der Waals surface area contributed by atoms with Gasteiger partial charge in [0.15, 0.2) is 0 Å². The van der Waals surface area contributed by atoms with E-state index in [0.29, 0.717) is 0 Å². The molecule has 0 saturated heterocycles. The Morgan fingerprint density at radius 1 is 1.50 bits per heavy atom. The molecular weight excluding hydrogens is 148 g/mol. The van der Waals surface area contributed by atoms with Crippen LogP contribution in [0.2, 0.25) is 0 Å². The molecule has 0 bridgehead atoms. The minimum atomic E-state index is -0.236. The third kappa shape index (κ3) is 5.14.